The Bertz CT molecular complexity index is 989. The van der Waals surface area contributed by atoms with Crippen LogP contribution < -0.4 is 5.73 Å². The number of carbonyl (C=O) groups is 1. The van der Waals surface area contributed by atoms with E-state index in [9.17, 15) is 13.2 Å². The van der Waals surface area contributed by atoms with Gasteiger partial charge in [0.05, 0.1) is 10.0 Å². The summed E-state index contributed by atoms with van der Waals surface area (Å²) in [4.78, 5) is 12.5. The first-order valence-electron chi connectivity index (χ1n) is 7.38. The largest absolute Gasteiger partial charge is 0.460 e. The number of nitrogens with two attached hydrogens (primary N) is 1. The molecule has 0 radical (unpaired) electrons. The second kappa shape index (κ2) is 7.19. The number of hydrogen-bond acceptors (Lipinski definition) is 6. The van der Waals surface area contributed by atoms with E-state index in [0.717, 1.165) is 0 Å². The molecule has 26 heavy (non-hydrogen) atoms. The predicted octanol–water partition coefficient (Wildman–Crippen LogP) is 3.31. The van der Waals surface area contributed by atoms with Gasteiger partial charge in [-0.1, -0.05) is 59.6 Å². The van der Waals surface area contributed by atoms with Crippen LogP contribution in [0.25, 0.3) is 0 Å². The van der Waals surface area contributed by atoms with E-state index in [1.165, 1.54) is 18.2 Å². The minimum Gasteiger partial charge on any atom is -0.460 e. The molecular formula is C17H13Cl2NO5S. The quantitative estimate of drug-likeness (QED) is 0.755. The summed E-state index contributed by atoms with van der Waals surface area (Å²) in [7, 11) is -4.09. The number of ketones is 1. The van der Waals surface area contributed by atoms with Crippen LogP contribution in [0.3, 0.4) is 0 Å². The van der Waals surface area contributed by atoms with Crippen molar-refractivity contribution in [2.24, 2.45) is 5.73 Å². The Morgan fingerprint density at radius 3 is 2.42 bits per heavy atom. The van der Waals surface area contributed by atoms with Crippen molar-refractivity contribution in [1.29, 1.82) is 0 Å². The molecule has 1 aliphatic heterocycles. The number of halogens is 2. The molecule has 1 heterocycles. The van der Waals surface area contributed by atoms with Crippen LogP contribution in [-0.2, 0) is 29.6 Å². The summed E-state index contributed by atoms with van der Waals surface area (Å²) in [6, 6.07) is 12.9. The monoisotopic (exact) mass is 413 g/mol. The van der Waals surface area contributed by atoms with Crippen LogP contribution in [0.5, 0.6) is 0 Å². The van der Waals surface area contributed by atoms with Gasteiger partial charge in [0, 0.05) is 5.56 Å². The lowest BCUT2D eigenvalue weighted by atomic mass is 10.1. The zero-order valence-corrected chi connectivity index (χ0v) is 15.5. The fourth-order valence-corrected chi connectivity index (χ4v) is 3.77. The van der Waals surface area contributed by atoms with Gasteiger partial charge < -0.3 is 14.7 Å². The first-order chi connectivity index (χ1) is 12.3. The first kappa shape index (κ1) is 18.6. The van der Waals surface area contributed by atoms with Gasteiger partial charge in [0.15, 0.2) is 6.10 Å². The molecule has 0 aliphatic carbocycles. The normalized spacial score (nSPS) is 17.3. The Hall–Kier alpha value is -2.22. The Labute approximate surface area is 160 Å². The maximum atomic E-state index is 12.5. The molecule has 0 amide bonds. The molecule has 0 aromatic heterocycles. The molecule has 9 heteroatoms. The van der Waals surface area contributed by atoms with Gasteiger partial charge in [0.2, 0.25) is 17.4 Å². The third-order valence-corrected chi connectivity index (χ3v) is 5.42. The van der Waals surface area contributed by atoms with Gasteiger partial charge >= 0.3 is 10.1 Å². The maximum absolute atomic E-state index is 12.5. The van der Waals surface area contributed by atoms with Crippen molar-refractivity contribution >= 4 is 39.1 Å². The van der Waals surface area contributed by atoms with Crippen molar-refractivity contribution in [3.63, 3.8) is 0 Å². The van der Waals surface area contributed by atoms with Crippen LogP contribution in [0.4, 0.5) is 0 Å². The fraction of sp³-hybridized carbons (Fsp3) is 0.118. The zero-order chi connectivity index (χ0) is 18.9. The predicted molar refractivity (Wildman–Crippen MR) is 96.7 cm³/mol. The molecule has 1 unspecified atom stereocenters. The lowest BCUT2D eigenvalue weighted by Crippen LogP contribution is -2.16. The van der Waals surface area contributed by atoms with Crippen LogP contribution in [0.1, 0.15) is 17.2 Å². The minimum absolute atomic E-state index is 0.227. The first-order valence-corrected chi connectivity index (χ1v) is 9.72. The highest BCUT2D eigenvalue weighted by molar-refractivity contribution is 7.86. The van der Waals surface area contributed by atoms with E-state index in [-0.39, 0.29) is 5.02 Å². The number of benzene rings is 2. The second-order valence-corrected chi connectivity index (χ2v) is 7.89. The smallest absolute Gasteiger partial charge is 0.313 e. The van der Waals surface area contributed by atoms with Gasteiger partial charge in [-0.2, -0.15) is 8.42 Å². The van der Waals surface area contributed by atoms with E-state index in [2.05, 4.69) is 0 Å². The Morgan fingerprint density at radius 2 is 1.77 bits per heavy atom. The van der Waals surface area contributed by atoms with Crippen LogP contribution in [-0.4, -0.2) is 14.2 Å². The van der Waals surface area contributed by atoms with Crippen molar-refractivity contribution in [3.8, 4) is 0 Å². The maximum Gasteiger partial charge on any atom is 0.313 e. The topological polar surface area (TPSA) is 95.7 Å². The SMILES string of the molecule is NC1=C(OS(=O)(=O)Cc2ccccc2)C(=O)C(c2ccc(Cl)c(Cl)c2)O1. The molecular weight excluding hydrogens is 401 g/mol. The molecule has 0 fully saturated rings. The standard InChI is InChI=1S/C17H13Cl2NO5S/c18-12-7-6-11(8-13(12)19)15-14(21)16(17(20)24-15)25-26(22,23)9-10-4-2-1-3-5-10/h1-8,15H,9,20H2. The molecule has 0 saturated carbocycles. The molecule has 0 spiro atoms. The molecule has 136 valence electrons. The van der Waals surface area contributed by atoms with Crippen molar-refractivity contribution in [3.05, 3.63) is 81.3 Å². The van der Waals surface area contributed by atoms with E-state index in [1.807, 2.05) is 0 Å². The highest BCUT2D eigenvalue weighted by Crippen LogP contribution is 2.35. The number of ether oxygens (including phenoxy) is 1. The van der Waals surface area contributed by atoms with Gasteiger partial charge in [-0.15, -0.1) is 0 Å². The molecule has 2 aromatic rings. The summed E-state index contributed by atoms with van der Waals surface area (Å²) in [5.41, 5.74) is 6.55. The van der Waals surface area contributed by atoms with Crippen LogP contribution in [0.15, 0.2) is 60.2 Å². The summed E-state index contributed by atoms with van der Waals surface area (Å²) < 4.78 is 34.7. The van der Waals surface area contributed by atoms with E-state index in [4.69, 9.17) is 37.9 Å². The van der Waals surface area contributed by atoms with Crippen molar-refractivity contribution in [1.82, 2.24) is 0 Å². The van der Waals surface area contributed by atoms with Crippen LogP contribution in [0, 0.1) is 0 Å². The number of Topliss-reactive ketones (excluding diaryl/α,β-unsaturated/α-hetero) is 1. The third-order valence-electron chi connectivity index (χ3n) is 3.57. The van der Waals surface area contributed by atoms with E-state index in [1.54, 1.807) is 30.3 Å². The van der Waals surface area contributed by atoms with E-state index < -0.39 is 39.4 Å². The van der Waals surface area contributed by atoms with Gasteiger partial charge in [-0.25, -0.2) is 0 Å². The molecule has 2 aromatic carbocycles. The van der Waals surface area contributed by atoms with Gasteiger partial charge in [-0.05, 0) is 17.7 Å². The van der Waals surface area contributed by atoms with Crippen molar-refractivity contribution in [2.75, 3.05) is 0 Å². The molecule has 1 aliphatic rings. The lowest BCUT2D eigenvalue weighted by Gasteiger charge is -2.10. The van der Waals surface area contributed by atoms with Crippen LogP contribution >= 0.6 is 23.2 Å². The molecule has 2 N–H and O–H groups in total. The number of carbonyl (C=O) groups excluding carboxylic acids is 1. The van der Waals surface area contributed by atoms with Crippen molar-refractivity contribution in [2.45, 2.75) is 11.9 Å². The molecule has 6 nitrogen and oxygen atoms in total. The minimum atomic E-state index is -4.09. The van der Waals surface area contributed by atoms with Gasteiger partial charge in [0.1, 0.15) is 5.75 Å². The Balaban J connectivity index is 1.79. The average Bonchev–Trinajstić information content (AvgIpc) is 2.85. The highest BCUT2D eigenvalue weighted by atomic mass is 35.5. The van der Waals surface area contributed by atoms with Crippen LogP contribution in [0.2, 0.25) is 10.0 Å². The summed E-state index contributed by atoms with van der Waals surface area (Å²) in [6.07, 6.45) is -1.15. The lowest BCUT2D eigenvalue weighted by molar-refractivity contribution is -0.123. The molecule has 1 atom stereocenters. The summed E-state index contributed by atoms with van der Waals surface area (Å²) >= 11 is 11.8. The van der Waals surface area contributed by atoms with E-state index >= 15 is 0 Å². The number of hydrogen-bond donors (Lipinski definition) is 1. The Kier molecular flexibility index (Phi) is 5.13. The Morgan fingerprint density at radius 1 is 1.08 bits per heavy atom. The van der Waals surface area contributed by atoms with E-state index in [0.29, 0.717) is 16.1 Å². The molecule has 0 bridgehead atoms. The van der Waals surface area contributed by atoms with Crippen molar-refractivity contribution < 1.29 is 22.1 Å². The van der Waals surface area contributed by atoms with Gasteiger partial charge in [-0.3, -0.25) is 4.79 Å². The third kappa shape index (κ3) is 3.95. The summed E-state index contributed by atoms with van der Waals surface area (Å²) in [5, 5.41) is 0.536. The molecule has 3 rings (SSSR count). The number of rotatable bonds is 5. The summed E-state index contributed by atoms with van der Waals surface area (Å²) in [5.74, 6) is -2.06. The zero-order valence-electron chi connectivity index (χ0n) is 13.2. The van der Waals surface area contributed by atoms with Gasteiger partial charge in [0.25, 0.3) is 0 Å². The average molecular weight is 414 g/mol. The fourth-order valence-electron chi connectivity index (χ4n) is 2.39. The summed E-state index contributed by atoms with van der Waals surface area (Å²) in [6.45, 7) is 0. The highest BCUT2D eigenvalue weighted by Gasteiger charge is 2.39. The molecule has 0 saturated heterocycles. The second-order valence-electron chi connectivity index (χ2n) is 5.50.